The van der Waals surface area contributed by atoms with Crippen molar-refractivity contribution < 1.29 is 18.7 Å². The van der Waals surface area contributed by atoms with E-state index in [0.717, 1.165) is 18.4 Å². The van der Waals surface area contributed by atoms with Gasteiger partial charge in [-0.2, -0.15) is 0 Å². The Morgan fingerprint density at radius 3 is 2.76 bits per heavy atom. The van der Waals surface area contributed by atoms with Crippen molar-refractivity contribution in [3.8, 4) is 22.8 Å². The average Bonchev–Trinajstić information content (AvgIpc) is 2.95. The number of benzene rings is 1. The summed E-state index contributed by atoms with van der Waals surface area (Å²) in [5, 5.41) is 3.72. The molecule has 6 heteroatoms. The Morgan fingerprint density at radius 2 is 2.10 bits per heavy atom. The maximum absolute atomic E-state index is 6.14. The predicted octanol–water partition coefficient (Wildman–Crippen LogP) is 2.49. The molecular formula is C15H18N2O4. The summed E-state index contributed by atoms with van der Waals surface area (Å²) >= 11 is 0. The van der Waals surface area contributed by atoms with E-state index in [-0.39, 0.29) is 6.10 Å². The summed E-state index contributed by atoms with van der Waals surface area (Å²) in [6, 6.07) is 7.31. The maximum atomic E-state index is 6.14. The van der Waals surface area contributed by atoms with E-state index in [4.69, 9.17) is 24.5 Å². The fourth-order valence-electron chi connectivity index (χ4n) is 2.37. The summed E-state index contributed by atoms with van der Waals surface area (Å²) < 4.78 is 22.1. The monoisotopic (exact) mass is 290 g/mol. The highest BCUT2D eigenvalue weighted by Crippen LogP contribution is 2.39. The summed E-state index contributed by atoms with van der Waals surface area (Å²) in [5.74, 6) is 2.22. The highest BCUT2D eigenvalue weighted by Gasteiger charge is 2.21. The van der Waals surface area contributed by atoms with Crippen molar-refractivity contribution in [1.29, 1.82) is 0 Å². The molecule has 1 saturated heterocycles. The SMILES string of the molecule is COc1cccc(-c2cc(N)no2)c1OC1CCOCC1. The lowest BCUT2D eigenvalue weighted by Crippen LogP contribution is -2.26. The Morgan fingerprint density at radius 1 is 1.29 bits per heavy atom. The van der Waals surface area contributed by atoms with Crippen LogP contribution in [0.15, 0.2) is 28.8 Å². The zero-order valence-electron chi connectivity index (χ0n) is 11.9. The number of hydrogen-bond donors (Lipinski definition) is 1. The number of para-hydroxylation sites is 1. The van der Waals surface area contributed by atoms with Crippen LogP contribution >= 0.6 is 0 Å². The van der Waals surface area contributed by atoms with Crippen LogP contribution in [0.2, 0.25) is 0 Å². The summed E-state index contributed by atoms with van der Waals surface area (Å²) in [5.41, 5.74) is 6.41. The van der Waals surface area contributed by atoms with E-state index < -0.39 is 0 Å². The Balaban J connectivity index is 1.95. The van der Waals surface area contributed by atoms with E-state index in [9.17, 15) is 0 Å². The van der Waals surface area contributed by atoms with E-state index >= 15 is 0 Å². The molecule has 0 unspecified atom stereocenters. The smallest absolute Gasteiger partial charge is 0.172 e. The van der Waals surface area contributed by atoms with Gasteiger partial charge in [0.05, 0.1) is 25.9 Å². The molecule has 2 N–H and O–H groups in total. The molecule has 1 aromatic carbocycles. The van der Waals surface area contributed by atoms with Crippen LogP contribution in [0.25, 0.3) is 11.3 Å². The Hall–Kier alpha value is -2.21. The van der Waals surface area contributed by atoms with Gasteiger partial charge in [0, 0.05) is 18.9 Å². The lowest BCUT2D eigenvalue weighted by atomic mass is 10.1. The number of methoxy groups -OCH3 is 1. The lowest BCUT2D eigenvalue weighted by Gasteiger charge is -2.25. The molecular weight excluding hydrogens is 272 g/mol. The van der Waals surface area contributed by atoms with Crippen LogP contribution in [0.4, 0.5) is 5.82 Å². The molecule has 1 aromatic heterocycles. The number of ether oxygens (including phenoxy) is 3. The minimum absolute atomic E-state index is 0.106. The van der Waals surface area contributed by atoms with Crippen molar-refractivity contribution in [2.45, 2.75) is 18.9 Å². The van der Waals surface area contributed by atoms with Crippen LogP contribution < -0.4 is 15.2 Å². The number of aromatic nitrogens is 1. The van der Waals surface area contributed by atoms with E-state index in [1.807, 2.05) is 18.2 Å². The van der Waals surface area contributed by atoms with Crippen LogP contribution in [0.5, 0.6) is 11.5 Å². The molecule has 0 spiro atoms. The van der Waals surface area contributed by atoms with Crippen molar-refractivity contribution >= 4 is 5.82 Å². The molecule has 112 valence electrons. The van der Waals surface area contributed by atoms with Crippen molar-refractivity contribution in [1.82, 2.24) is 5.16 Å². The van der Waals surface area contributed by atoms with Crippen LogP contribution in [0.3, 0.4) is 0 Å². The standard InChI is InChI=1S/C15H18N2O4/c1-18-12-4-2-3-11(13-9-14(16)17-21-13)15(12)20-10-5-7-19-8-6-10/h2-4,9-10H,5-8H2,1H3,(H2,16,17). The number of nitrogen functional groups attached to an aromatic ring is 1. The van der Waals surface area contributed by atoms with Gasteiger partial charge in [0.2, 0.25) is 0 Å². The Bertz CT molecular complexity index is 605. The quantitative estimate of drug-likeness (QED) is 0.932. The van der Waals surface area contributed by atoms with Crippen molar-refractivity contribution in [2.24, 2.45) is 0 Å². The molecule has 0 atom stereocenters. The second-order valence-electron chi connectivity index (χ2n) is 4.88. The molecule has 3 rings (SSSR count). The van der Waals surface area contributed by atoms with Crippen LogP contribution in [0.1, 0.15) is 12.8 Å². The zero-order chi connectivity index (χ0) is 14.7. The highest BCUT2D eigenvalue weighted by molar-refractivity contribution is 5.71. The van der Waals surface area contributed by atoms with Crippen LogP contribution in [-0.4, -0.2) is 31.6 Å². The summed E-state index contributed by atoms with van der Waals surface area (Å²) in [6.07, 6.45) is 1.82. The predicted molar refractivity (Wildman–Crippen MR) is 77.4 cm³/mol. The second kappa shape index (κ2) is 6.05. The summed E-state index contributed by atoms with van der Waals surface area (Å²) in [7, 11) is 1.62. The molecule has 21 heavy (non-hydrogen) atoms. The third-order valence-corrected chi connectivity index (χ3v) is 3.45. The third-order valence-electron chi connectivity index (χ3n) is 3.45. The van der Waals surface area contributed by atoms with Gasteiger partial charge in [-0.1, -0.05) is 11.2 Å². The zero-order valence-corrected chi connectivity index (χ0v) is 11.9. The Kier molecular flexibility index (Phi) is 3.96. The number of rotatable bonds is 4. The molecule has 0 amide bonds. The molecule has 0 bridgehead atoms. The topological polar surface area (TPSA) is 79.7 Å². The fraction of sp³-hybridized carbons (Fsp3) is 0.400. The molecule has 1 aliphatic rings. The largest absolute Gasteiger partial charge is 0.493 e. The van der Waals surface area contributed by atoms with Crippen molar-refractivity contribution in [3.05, 3.63) is 24.3 Å². The average molecular weight is 290 g/mol. The molecule has 1 fully saturated rings. The molecule has 0 aliphatic carbocycles. The first kappa shape index (κ1) is 13.8. The maximum Gasteiger partial charge on any atom is 0.172 e. The van der Waals surface area contributed by atoms with Gasteiger partial charge in [0.1, 0.15) is 6.10 Å². The minimum Gasteiger partial charge on any atom is -0.493 e. The fourth-order valence-corrected chi connectivity index (χ4v) is 2.37. The van der Waals surface area contributed by atoms with Crippen molar-refractivity contribution in [3.63, 3.8) is 0 Å². The number of nitrogens with zero attached hydrogens (tertiary/aromatic N) is 1. The van der Waals surface area contributed by atoms with Gasteiger partial charge in [0.25, 0.3) is 0 Å². The molecule has 0 radical (unpaired) electrons. The van der Waals surface area contributed by atoms with E-state index in [0.29, 0.717) is 36.3 Å². The minimum atomic E-state index is 0.106. The van der Waals surface area contributed by atoms with Gasteiger partial charge in [0.15, 0.2) is 23.1 Å². The number of hydrogen-bond acceptors (Lipinski definition) is 6. The number of nitrogens with two attached hydrogens (primary N) is 1. The molecule has 6 nitrogen and oxygen atoms in total. The first-order chi connectivity index (χ1) is 10.3. The summed E-state index contributed by atoms with van der Waals surface area (Å²) in [4.78, 5) is 0. The van der Waals surface area contributed by atoms with Gasteiger partial charge >= 0.3 is 0 Å². The van der Waals surface area contributed by atoms with E-state index in [2.05, 4.69) is 5.16 Å². The first-order valence-corrected chi connectivity index (χ1v) is 6.92. The Labute approximate surface area is 122 Å². The van der Waals surface area contributed by atoms with Gasteiger partial charge < -0.3 is 24.5 Å². The molecule has 1 aliphatic heterocycles. The van der Waals surface area contributed by atoms with Gasteiger partial charge in [-0.3, -0.25) is 0 Å². The lowest BCUT2D eigenvalue weighted by molar-refractivity contribution is 0.0247. The molecule has 0 saturated carbocycles. The van der Waals surface area contributed by atoms with E-state index in [1.165, 1.54) is 0 Å². The number of anilines is 1. The van der Waals surface area contributed by atoms with Crippen LogP contribution in [0, 0.1) is 0 Å². The van der Waals surface area contributed by atoms with Crippen molar-refractivity contribution in [2.75, 3.05) is 26.1 Å². The van der Waals surface area contributed by atoms with E-state index in [1.54, 1.807) is 13.2 Å². The first-order valence-electron chi connectivity index (χ1n) is 6.92. The van der Waals surface area contributed by atoms with Crippen LogP contribution in [-0.2, 0) is 4.74 Å². The van der Waals surface area contributed by atoms with Gasteiger partial charge in [-0.25, -0.2) is 0 Å². The second-order valence-corrected chi connectivity index (χ2v) is 4.88. The summed E-state index contributed by atoms with van der Waals surface area (Å²) in [6.45, 7) is 1.43. The van der Waals surface area contributed by atoms with Gasteiger partial charge in [-0.05, 0) is 12.1 Å². The molecule has 2 aromatic rings. The highest BCUT2D eigenvalue weighted by atomic mass is 16.5. The van der Waals surface area contributed by atoms with Gasteiger partial charge in [-0.15, -0.1) is 0 Å². The normalized spacial score (nSPS) is 15.9. The molecule has 2 heterocycles. The third kappa shape index (κ3) is 2.95.